The van der Waals surface area contributed by atoms with Crippen molar-refractivity contribution in [2.24, 2.45) is 5.73 Å². The molecular weight excluding hydrogens is 252 g/mol. The molecule has 20 heavy (non-hydrogen) atoms. The Kier molecular flexibility index (Phi) is 3.84. The van der Waals surface area contributed by atoms with Crippen LogP contribution >= 0.6 is 0 Å². The summed E-state index contributed by atoms with van der Waals surface area (Å²) in [6, 6.07) is 12.1. The molecule has 0 aliphatic rings. The van der Waals surface area contributed by atoms with Crippen LogP contribution < -0.4 is 11.1 Å². The van der Waals surface area contributed by atoms with Gasteiger partial charge >= 0.3 is 0 Å². The molecule has 0 fully saturated rings. The SMILES string of the molecule is Cc1ccc(C)c(NC(=O)c2ccc(C(N)=O)cc2)c1. The molecule has 0 atom stereocenters. The third-order valence-corrected chi connectivity index (χ3v) is 3.07. The summed E-state index contributed by atoms with van der Waals surface area (Å²) in [7, 11) is 0. The topological polar surface area (TPSA) is 72.2 Å². The van der Waals surface area contributed by atoms with Gasteiger partial charge in [0, 0.05) is 16.8 Å². The number of benzene rings is 2. The number of anilines is 1. The average Bonchev–Trinajstić information content (AvgIpc) is 2.43. The first-order chi connectivity index (χ1) is 9.47. The molecule has 4 heteroatoms. The van der Waals surface area contributed by atoms with E-state index < -0.39 is 5.91 Å². The van der Waals surface area contributed by atoms with E-state index in [0.717, 1.165) is 16.8 Å². The van der Waals surface area contributed by atoms with E-state index in [4.69, 9.17) is 5.73 Å². The standard InChI is InChI=1S/C16H16N2O2/c1-10-3-4-11(2)14(9-10)18-16(20)13-7-5-12(6-8-13)15(17)19/h3-9H,1-2H3,(H2,17,19)(H,18,20). The van der Waals surface area contributed by atoms with Crippen molar-refractivity contribution in [1.82, 2.24) is 0 Å². The second-order valence-electron chi connectivity index (χ2n) is 4.71. The highest BCUT2D eigenvalue weighted by atomic mass is 16.2. The van der Waals surface area contributed by atoms with E-state index in [1.54, 1.807) is 24.3 Å². The van der Waals surface area contributed by atoms with Gasteiger partial charge in [0.25, 0.3) is 5.91 Å². The molecule has 4 nitrogen and oxygen atoms in total. The summed E-state index contributed by atoms with van der Waals surface area (Å²) >= 11 is 0. The molecule has 0 aliphatic carbocycles. The van der Waals surface area contributed by atoms with E-state index in [1.165, 1.54) is 0 Å². The molecule has 2 rings (SSSR count). The maximum atomic E-state index is 12.1. The van der Waals surface area contributed by atoms with Crippen molar-refractivity contribution in [3.8, 4) is 0 Å². The number of hydrogen-bond acceptors (Lipinski definition) is 2. The Morgan fingerprint density at radius 3 is 2.15 bits per heavy atom. The van der Waals surface area contributed by atoms with Crippen molar-refractivity contribution in [2.45, 2.75) is 13.8 Å². The van der Waals surface area contributed by atoms with Crippen molar-refractivity contribution < 1.29 is 9.59 Å². The molecule has 0 radical (unpaired) electrons. The van der Waals surface area contributed by atoms with Crippen LogP contribution in [0.2, 0.25) is 0 Å². The van der Waals surface area contributed by atoms with E-state index in [-0.39, 0.29) is 5.91 Å². The molecule has 2 aromatic rings. The van der Waals surface area contributed by atoms with Crippen LogP contribution in [-0.4, -0.2) is 11.8 Å². The van der Waals surface area contributed by atoms with Crippen molar-refractivity contribution in [1.29, 1.82) is 0 Å². The smallest absolute Gasteiger partial charge is 0.255 e. The van der Waals surface area contributed by atoms with E-state index >= 15 is 0 Å². The minimum atomic E-state index is -0.508. The first-order valence-corrected chi connectivity index (χ1v) is 6.26. The summed E-state index contributed by atoms with van der Waals surface area (Å²) in [6.45, 7) is 3.90. The van der Waals surface area contributed by atoms with E-state index in [9.17, 15) is 9.59 Å². The number of hydrogen-bond donors (Lipinski definition) is 2. The Balaban J connectivity index is 2.19. The monoisotopic (exact) mass is 268 g/mol. The molecule has 0 bridgehead atoms. The maximum absolute atomic E-state index is 12.1. The normalized spacial score (nSPS) is 10.1. The zero-order valence-corrected chi connectivity index (χ0v) is 11.4. The molecule has 2 aromatic carbocycles. The fraction of sp³-hybridized carbons (Fsp3) is 0.125. The Bertz CT molecular complexity index is 661. The summed E-state index contributed by atoms with van der Waals surface area (Å²) in [6.07, 6.45) is 0. The number of carbonyl (C=O) groups is 2. The lowest BCUT2D eigenvalue weighted by atomic mass is 10.1. The highest BCUT2D eigenvalue weighted by Crippen LogP contribution is 2.17. The van der Waals surface area contributed by atoms with Crippen LogP contribution in [-0.2, 0) is 0 Å². The van der Waals surface area contributed by atoms with Crippen LogP contribution in [0.15, 0.2) is 42.5 Å². The molecule has 0 aromatic heterocycles. The largest absolute Gasteiger partial charge is 0.366 e. The van der Waals surface area contributed by atoms with Gasteiger partial charge in [0.2, 0.25) is 5.91 Å². The summed E-state index contributed by atoms with van der Waals surface area (Å²) in [5, 5.41) is 2.86. The van der Waals surface area contributed by atoms with Gasteiger partial charge in [-0.25, -0.2) is 0 Å². The molecule has 0 aliphatic heterocycles. The van der Waals surface area contributed by atoms with Crippen molar-refractivity contribution in [3.05, 3.63) is 64.7 Å². The lowest BCUT2D eigenvalue weighted by Gasteiger charge is -2.09. The summed E-state index contributed by atoms with van der Waals surface area (Å²) in [5.74, 6) is -0.721. The van der Waals surface area contributed by atoms with E-state index in [1.807, 2.05) is 32.0 Å². The van der Waals surface area contributed by atoms with Crippen LogP contribution in [0.1, 0.15) is 31.8 Å². The molecule has 0 spiro atoms. The second-order valence-corrected chi connectivity index (χ2v) is 4.71. The minimum absolute atomic E-state index is 0.213. The number of amides is 2. The van der Waals surface area contributed by atoms with Crippen LogP contribution in [0.25, 0.3) is 0 Å². The second kappa shape index (κ2) is 5.57. The van der Waals surface area contributed by atoms with Gasteiger partial charge in [-0.3, -0.25) is 9.59 Å². The lowest BCUT2D eigenvalue weighted by molar-refractivity contribution is 0.0995. The van der Waals surface area contributed by atoms with Gasteiger partial charge in [0.15, 0.2) is 0 Å². The number of rotatable bonds is 3. The van der Waals surface area contributed by atoms with Gasteiger partial charge in [-0.15, -0.1) is 0 Å². The Labute approximate surface area is 117 Å². The zero-order valence-electron chi connectivity index (χ0n) is 11.4. The molecule has 0 unspecified atom stereocenters. The fourth-order valence-electron chi connectivity index (χ4n) is 1.85. The van der Waals surface area contributed by atoms with Gasteiger partial charge in [-0.2, -0.15) is 0 Å². The highest BCUT2D eigenvalue weighted by Gasteiger charge is 2.09. The first kappa shape index (κ1) is 13.8. The molecule has 3 N–H and O–H groups in total. The number of aryl methyl sites for hydroxylation is 2. The van der Waals surface area contributed by atoms with E-state index in [0.29, 0.717) is 11.1 Å². The van der Waals surface area contributed by atoms with E-state index in [2.05, 4.69) is 5.32 Å². The van der Waals surface area contributed by atoms with Crippen LogP contribution in [0.5, 0.6) is 0 Å². The van der Waals surface area contributed by atoms with Crippen molar-refractivity contribution in [2.75, 3.05) is 5.32 Å². The predicted octanol–water partition coefficient (Wildman–Crippen LogP) is 2.65. The summed E-state index contributed by atoms with van der Waals surface area (Å²) in [4.78, 5) is 23.1. The van der Waals surface area contributed by atoms with Crippen LogP contribution in [0.4, 0.5) is 5.69 Å². The van der Waals surface area contributed by atoms with Crippen LogP contribution in [0.3, 0.4) is 0 Å². The molecule has 102 valence electrons. The Morgan fingerprint density at radius 2 is 1.55 bits per heavy atom. The number of carbonyl (C=O) groups excluding carboxylic acids is 2. The quantitative estimate of drug-likeness (QED) is 0.898. The molecule has 0 saturated heterocycles. The third-order valence-electron chi connectivity index (χ3n) is 3.07. The Morgan fingerprint density at radius 1 is 0.950 bits per heavy atom. The van der Waals surface area contributed by atoms with Gasteiger partial charge in [-0.1, -0.05) is 12.1 Å². The number of nitrogens with one attached hydrogen (secondary N) is 1. The summed E-state index contributed by atoms with van der Waals surface area (Å²) < 4.78 is 0. The van der Waals surface area contributed by atoms with Crippen molar-refractivity contribution in [3.63, 3.8) is 0 Å². The molecular formula is C16H16N2O2. The predicted molar refractivity (Wildman–Crippen MR) is 78.8 cm³/mol. The summed E-state index contributed by atoms with van der Waals surface area (Å²) in [5.41, 5.74) is 8.89. The zero-order chi connectivity index (χ0) is 14.7. The number of nitrogens with two attached hydrogens (primary N) is 1. The van der Waals surface area contributed by atoms with Gasteiger partial charge in [0.05, 0.1) is 0 Å². The third kappa shape index (κ3) is 3.03. The van der Waals surface area contributed by atoms with Gasteiger partial charge in [-0.05, 0) is 55.3 Å². The maximum Gasteiger partial charge on any atom is 0.255 e. The Hall–Kier alpha value is -2.62. The molecule has 0 saturated carbocycles. The molecule has 2 amide bonds. The van der Waals surface area contributed by atoms with Gasteiger partial charge in [0.1, 0.15) is 0 Å². The average molecular weight is 268 g/mol. The lowest BCUT2D eigenvalue weighted by Crippen LogP contribution is -2.14. The van der Waals surface area contributed by atoms with Crippen molar-refractivity contribution >= 4 is 17.5 Å². The minimum Gasteiger partial charge on any atom is -0.366 e. The molecule has 0 heterocycles. The first-order valence-electron chi connectivity index (χ1n) is 6.26. The number of primary amides is 1. The van der Waals surface area contributed by atoms with Gasteiger partial charge < -0.3 is 11.1 Å². The fourth-order valence-corrected chi connectivity index (χ4v) is 1.85. The van der Waals surface area contributed by atoms with Crippen LogP contribution in [0, 0.1) is 13.8 Å². The highest BCUT2D eigenvalue weighted by molar-refractivity contribution is 6.05.